The Hall–Kier alpha value is -1.71. The van der Waals surface area contributed by atoms with Crippen LogP contribution in [0.5, 0.6) is 11.5 Å². The van der Waals surface area contributed by atoms with Gasteiger partial charge in [0, 0.05) is 31.1 Å². The average Bonchev–Trinajstić information content (AvgIpc) is 2.67. The Labute approximate surface area is 102 Å². The van der Waals surface area contributed by atoms with Gasteiger partial charge in [0.2, 0.25) is 0 Å². The van der Waals surface area contributed by atoms with Crippen molar-refractivity contribution in [2.75, 3.05) is 27.8 Å². The van der Waals surface area contributed by atoms with Crippen molar-refractivity contribution < 1.29 is 9.47 Å². The molecule has 2 rings (SSSR count). The number of ether oxygens (including phenoxy) is 2. The SMILES string of the molecule is COc1ccc(C2=NN(C)CC2C)c(OC)c1. The molecule has 0 spiro atoms. The van der Waals surface area contributed by atoms with E-state index in [0.29, 0.717) is 5.92 Å². The first kappa shape index (κ1) is 11.8. The standard InChI is InChI=1S/C13H18N2O2/c1-9-8-15(2)14-13(9)11-6-5-10(16-3)7-12(11)17-4/h5-7,9H,8H2,1-4H3. The number of methoxy groups -OCH3 is 2. The first-order chi connectivity index (χ1) is 8.15. The molecule has 1 unspecified atom stereocenters. The van der Waals surface area contributed by atoms with Crippen LogP contribution in [0.4, 0.5) is 0 Å². The van der Waals surface area contributed by atoms with Gasteiger partial charge in [-0.1, -0.05) is 6.92 Å². The van der Waals surface area contributed by atoms with Crippen molar-refractivity contribution in [3.05, 3.63) is 23.8 Å². The summed E-state index contributed by atoms with van der Waals surface area (Å²) in [4.78, 5) is 0. The smallest absolute Gasteiger partial charge is 0.131 e. The predicted octanol–water partition coefficient (Wildman–Crippen LogP) is 1.99. The van der Waals surface area contributed by atoms with Crippen molar-refractivity contribution in [3.63, 3.8) is 0 Å². The summed E-state index contributed by atoms with van der Waals surface area (Å²) in [5.74, 6) is 2.03. The van der Waals surface area contributed by atoms with Crippen molar-refractivity contribution in [2.45, 2.75) is 6.92 Å². The van der Waals surface area contributed by atoms with Crippen molar-refractivity contribution in [1.82, 2.24) is 5.01 Å². The molecule has 92 valence electrons. The van der Waals surface area contributed by atoms with Crippen LogP contribution >= 0.6 is 0 Å². The highest BCUT2D eigenvalue weighted by Crippen LogP contribution is 2.29. The fourth-order valence-electron chi connectivity index (χ4n) is 2.14. The number of benzene rings is 1. The Balaban J connectivity index is 2.41. The lowest BCUT2D eigenvalue weighted by Crippen LogP contribution is -2.14. The maximum atomic E-state index is 5.40. The van der Waals surface area contributed by atoms with Crippen LogP contribution in [0.1, 0.15) is 12.5 Å². The van der Waals surface area contributed by atoms with Crippen LogP contribution in [0.15, 0.2) is 23.3 Å². The van der Waals surface area contributed by atoms with Gasteiger partial charge in [-0.25, -0.2) is 0 Å². The molecule has 0 saturated heterocycles. The summed E-state index contributed by atoms with van der Waals surface area (Å²) in [6.45, 7) is 3.12. The summed E-state index contributed by atoms with van der Waals surface area (Å²) in [6.07, 6.45) is 0. The van der Waals surface area contributed by atoms with E-state index >= 15 is 0 Å². The number of nitrogens with zero attached hydrogens (tertiary/aromatic N) is 2. The Morgan fingerprint density at radius 1 is 1.29 bits per heavy atom. The van der Waals surface area contributed by atoms with Gasteiger partial charge in [-0.3, -0.25) is 5.01 Å². The fourth-order valence-corrected chi connectivity index (χ4v) is 2.14. The molecule has 17 heavy (non-hydrogen) atoms. The summed E-state index contributed by atoms with van der Waals surface area (Å²) in [6, 6.07) is 5.83. The molecule has 1 heterocycles. The molecule has 0 N–H and O–H groups in total. The Kier molecular flexibility index (Phi) is 3.22. The number of rotatable bonds is 3. The van der Waals surface area contributed by atoms with Crippen LogP contribution in [0.25, 0.3) is 0 Å². The fraction of sp³-hybridized carbons (Fsp3) is 0.462. The van der Waals surface area contributed by atoms with E-state index in [9.17, 15) is 0 Å². The molecular weight excluding hydrogens is 216 g/mol. The molecule has 0 radical (unpaired) electrons. The van der Waals surface area contributed by atoms with Crippen LogP contribution in [-0.4, -0.2) is 38.5 Å². The topological polar surface area (TPSA) is 34.1 Å². The molecule has 4 heteroatoms. The second-order valence-electron chi connectivity index (χ2n) is 4.29. The van der Waals surface area contributed by atoms with Gasteiger partial charge in [0.05, 0.1) is 19.9 Å². The zero-order valence-electron chi connectivity index (χ0n) is 10.7. The summed E-state index contributed by atoms with van der Waals surface area (Å²) in [5.41, 5.74) is 2.12. The highest BCUT2D eigenvalue weighted by molar-refractivity contribution is 6.05. The lowest BCUT2D eigenvalue weighted by molar-refractivity contribution is 0.368. The molecule has 0 bridgehead atoms. The van der Waals surface area contributed by atoms with Gasteiger partial charge < -0.3 is 9.47 Å². The van der Waals surface area contributed by atoms with Gasteiger partial charge in [-0.05, 0) is 12.1 Å². The zero-order chi connectivity index (χ0) is 12.4. The van der Waals surface area contributed by atoms with Crippen LogP contribution in [0, 0.1) is 5.92 Å². The second kappa shape index (κ2) is 4.65. The monoisotopic (exact) mass is 234 g/mol. The van der Waals surface area contributed by atoms with Crippen molar-refractivity contribution in [3.8, 4) is 11.5 Å². The molecular formula is C13H18N2O2. The van der Waals surface area contributed by atoms with E-state index in [-0.39, 0.29) is 0 Å². The quantitative estimate of drug-likeness (QED) is 0.802. The summed E-state index contributed by atoms with van der Waals surface area (Å²) in [5, 5.41) is 6.49. The lowest BCUT2D eigenvalue weighted by Gasteiger charge is -2.12. The van der Waals surface area contributed by atoms with Crippen molar-refractivity contribution in [2.24, 2.45) is 11.0 Å². The second-order valence-corrected chi connectivity index (χ2v) is 4.29. The molecule has 1 aliphatic rings. The molecule has 1 aliphatic heterocycles. The van der Waals surface area contributed by atoms with E-state index in [1.54, 1.807) is 14.2 Å². The minimum Gasteiger partial charge on any atom is -0.497 e. The van der Waals surface area contributed by atoms with E-state index in [0.717, 1.165) is 29.3 Å². The molecule has 0 aliphatic carbocycles. The molecule has 0 saturated carbocycles. The third kappa shape index (κ3) is 2.20. The number of hydrogen-bond acceptors (Lipinski definition) is 4. The number of hydrogen-bond donors (Lipinski definition) is 0. The molecule has 0 amide bonds. The van der Waals surface area contributed by atoms with E-state index in [2.05, 4.69) is 12.0 Å². The first-order valence-corrected chi connectivity index (χ1v) is 5.67. The van der Waals surface area contributed by atoms with Crippen molar-refractivity contribution >= 4 is 5.71 Å². The Morgan fingerprint density at radius 3 is 2.59 bits per heavy atom. The molecule has 0 aromatic heterocycles. The normalized spacial score (nSPS) is 19.2. The summed E-state index contributed by atoms with van der Waals surface area (Å²) >= 11 is 0. The van der Waals surface area contributed by atoms with Gasteiger partial charge in [0.25, 0.3) is 0 Å². The minimum absolute atomic E-state index is 0.419. The summed E-state index contributed by atoms with van der Waals surface area (Å²) in [7, 11) is 5.31. The Morgan fingerprint density at radius 2 is 2.06 bits per heavy atom. The van der Waals surface area contributed by atoms with Crippen LogP contribution in [0.2, 0.25) is 0 Å². The third-order valence-corrected chi connectivity index (χ3v) is 2.97. The Bertz CT molecular complexity index is 443. The van der Waals surface area contributed by atoms with Gasteiger partial charge in [0.15, 0.2) is 0 Å². The van der Waals surface area contributed by atoms with Crippen molar-refractivity contribution in [1.29, 1.82) is 0 Å². The van der Waals surface area contributed by atoms with Gasteiger partial charge in [-0.2, -0.15) is 5.10 Å². The van der Waals surface area contributed by atoms with E-state index in [1.807, 2.05) is 30.3 Å². The first-order valence-electron chi connectivity index (χ1n) is 5.67. The molecule has 1 aromatic rings. The van der Waals surface area contributed by atoms with E-state index in [1.165, 1.54) is 0 Å². The van der Waals surface area contributed by atoms with E-state index < -0.39 is 0 Å². The predicted molar refractivity (Wildman–Crippen MR) is 67.9 cm³/mol. The van der Waals surface area contributed by atoms with Crippen LogP contribution in [0.3, 0.4) is 0 Å². The largest absolute Gasteiger partial charge is 0.497 e. The zero-order valence-corrected chi connectivity index (χ0v) is 10.7. The van der Waals surface area contributed by atoms with Crippen LogP contribution < -0.4 is 9.47 Å². The minimum atomic E-state index is 0.419. The maximum Gasteiger partial charge on any atom is 0.131 e. The average molecular weight is 234 g/mol. The maximum absolute atomic E-state index is 5.40. The van der Waals surface area contributed by atoms with E-state index in [4.69, 9.17) is 9.47 Å². The molecule has 0 fully saturated rings. The third-order valence-electron chi connectivity index (χ3n) is 2.97. The molecule has 1 atom stereocenters. The van der Waals surface area contributed by atoms with Gasteiger partial charge >= 0.3 is 0 Å². The molecule has 4 nitrogen and oxygen atoms in total. The van der Waals surface area contributed by atoms with Gasteiger partial charge in [-0.15, -0.1) is 0 Å². The molecule has 1 aromatic carbocycles. The number of hydrazone groups is 1. The van der Waals surface area contributed by atoms with Crippen LogP contribution in [-0.2, 0) is 0 Å². The van der Waals surface area contributed by atoms with Gasteiger partial charge in [0.1, 0.15) is 11.5 Å². The summed E-state index contributed by atoms with van der Waals surface area (Å²) < 4.78 is 10.6. The highest BCUT2D eigenvalue weighted by Gasteiger charge is 2.24. The lowest BCUT2D eigenvalue weighted by atomic mass is 9.98. The highest BCUT2D eigenvalue weighted by atomic mass is 16.5.